The van der Waals surface area contributed by atoms with Crippen molar-refractivity contribution >= 4 is 5.97 Å². The Morgan fingerprint density at radius 2 is 1.65 bits per heavy atom. The summed E-state index contributed by atoms with van der Waals surface area (Å²) in [5.74, 6) is -4.27. The number of hydrogen-bond donors (Lipinski definition) is 0. The van der Waals surface area contributed by atoms with Gasteiger partial charge >= 0.3 is 5.97 Å². The molecule has 3 rings (SSSR count). The summed E-state index contributed by atoms with van der Waals surface area (Å²) in [4.78, 5) is 12.1. The Kier molecular flexibility index (Phi) is 5.27. The Balaban J connectivity index is 1.83. The Hall–Kier alpha value is -2.81. The number of hydrogen-bond acceptors (Lipinski definition) is 3. The van der Waals surface area contributed by atoms with Gasteiger partial charge in [0.15, 0.2) is 0 Å². The summed E-state index contributed by atoms with van der Waals surface area (Å²) in [5, 5.41) is 8.68. The van der Waals surface area contributed by atoms with Gasteiger partial charge < -0.3 is 4.74 Å². The standard InChI is InChI=1S/C20H16F3NO2/c21-16-10-15(7-6-13(16)11-24)26-20(25)19-17(22)8-14(9-18(19)23)12-4-2-1-3-5-12/h6-10,12H,1-5H2. The van der Waals surface area contributed by atoms with E-state index in [0.717, 1.165) is 44.2 Å². The van der Waals surface area contributed by atoms with E-state index in [1.807, 2.05) is 0 Å². The molecule has 134 valence electrons. The van der Waals surface area contributed by atoms with Crippen molar-refractivity contribution in [1.29, 1.82) is 5.26 Å². The fourth-order valence-corrected chi connectivity index (χ4v) is 3.27. The quantitative estimate of drug-likeness (QED) is 0.556. The summed E-state index contributed by atoms with van der Waals surface area (Å²) in [6.07, 6.45) is 4.89. The van der Waals surface area contributed by atoms with Crippen molar-refractivity contribution in [3.05, 3.63) is 64.5 Å². The summed E-state index contributed by atoms with van der Waals surface area (Å²) < 4.78 is 47.1. The Morgan fingerprint density at radius 1 is 1.00 bits per heavy atom. The zero-order valence-electron chi connectivity index (χ0n) is 13.9. The third-order valence-corrected chi connectivity index (χ3v) is 4.62. The van der Waals surface area contributed by atoms with Gasteiger partial charge in [-0.3, -0.25) is 0 Å². The predicted octanol–water partition coefficient (Wildman–Crippen LogP) is 5.24. The Morgan fingerprint density at radius 3 is 2.23 bits per heavy atom. The maximum Gasteiger partial charge on any atom is 0.349 e. The minimum atomic E-state index is -1.25. The fraction of sp³-hybridized carbons (Fsp3) is 0.300. The fourth-order valence-electron chi connectivity index (χ4n) is 3.27. The van der Waals surface area contributed by atoms with Crippen LogP contribution in [0.4, 0.5) is 13.2 Å². The van der Waals surface area contributed by atoms with Gasteiger partial charge in [-0.05, 0) is 48.6 Å². The third kappa shape index (κ3) is 3.72. The van der Waals surface area contributed by atoms with Gasteiger partial charge in [0.2, 0.25) is 0 Å². The number of nitriles is 1. The van der Waals surface area contributed by atoms with Crippen molar-refractivity contribution in [3.63, 3.8) is 0 Å². The summed E-state index contributed by atoms with van der Waals surface area (Å²) in [7, 11) is 0. The van der Waals surface area contributed by atoms with Crippen LogP contribution in [0.5, 0.6) is 5.75 Å². The highest BCUT2D eigenvalue weighted by Crippen LogP contribution is 2.34. The molecule has 0 bridgehead atoms. The molecular weight excluding hydrogens is 343 g/mol. The number of halogens is 3. The molecule has 0 unspecified atom stereocenters. The maximum absolute atomic E-state index is 14.4. The molecule has 2 aromatic carbocycles. The van der Waals surface area contributed by atoms with Crippen LogP contribution in [0.2, 0.25) is 0 Å². The Labute approximate surface area is 149 Å². The van der Waals surface area contributed by atoms with Crippen molar-refractivity contribution < 1.29 is 22.7 Å². The van der Waals surface area contributed by atoms with E-state index in [1.165, 1.54) is 18.2 Å². The number of nitrogens with zero attached hydrogens (tertiary/aromatic N) is 1. The zero-order valence-corrected chi connectivity index (χ0v) is 13.9. The number of carbonyl (C=O) groups excluding carboxylic acids is 1. The van der Waals surface area contributed by atoms with E-state index in [-0.39, 0.29) is 17.2 Å². The van der Waals surface area contributed by atoms with Gasteiger partial charge in [0, 0.05) is 6.07 Å². The van der Waals surface area contributed by atoms with Crippen LogP contribution in [-0.2, 0) is 0 Å². The van der Waals surface area contributed by atoms with Crippen LogP contribution in [0.3, 0.4) is 0 Å². The highest BCUT2D eigenvalue weighted by atomic mass is 19.1. The maximum atomic E-state index is 14.4. The Bertz CT molecular complexity index is 860. The van der Waals surface area contributed by atoms with Crippen LogP contribution in [0.1, 0.15) is 59.5 Å². The number of carbonyl (C=O) groups is 1. The highest BCUT2D eigenvalue weighted by Gasteiger charge is 2.24. The number of esters is 1. The molecule has 26 heavy (non-hydrogen) atoms. The van der Waals surface area contributed by atoms with Gasteiger partial charge in [-0.15, -0.1) is 0 Å². The second kappa shape index (κ2) is 7.61. The molecule has 0 aliphatic heterocycles. The second-order valence-corrected chi connectivity index (χ2v) is 6.34. The van der Waals surface area contributed by atoms with E-state index in [9.17, 15) is 18.0 Å². The van der Waals surface area contributed by atoms with Gasteiger partial charge in [0.25, 0.3) is 0 Å². The van der Waals surface area contributed by atoms with Crippen molar-refractivity contribution in [2.24, 2.45) is 0 Å². The molecule has 6 heteroatoms. The molecule has 0 aromatic heterocycles. The molecule has 0 amide bonds. The molecule has 1 fully saturated rings. The molecule has 0 saturated heterocycles. The summed E-state index contributed by atoms with van der Waals surface area (Å²) >= 11 is 0. The van der Waals surface area contributed by atoms with E-state index >= 15 is 0 Å². The van der Waals surface area contributed by atoms with E-state index in [1.54, 1.807) is 6.07 Å². The van der Waals surface area contributed by atoms with E-state index in [0.29, 0.717) is 5.56 Å². The highest BCUT2D eigenvalue weighted by molar-refractivity contribution is 5.91. The normalized spacial score (nSPS) is 14.7. The van der Waals surface area contributed by atoms with Gasteiger partial charge in [-0.1, -0.05) is 19.3 Å². The largest absolute Gasteiger partial charge is 0.423 e. The molecule has 0 N–H and O–H groups in total. The molecule has 1 aliphatic carbocycles. The first-order valence-corrected chi connectivity index (χ1v) is 8.40. The predicted molar refractivity (Wildman–Crippen MR) is 88.3 cm³/mol. The van der Waals surface area contributed by atoms with Gasteiger partial charge in [-0.2, -0.15) is 5.26 Å². The molecular formula is C20H16F3NO2. The minimum Gasteiger partial charge on any atom is -0.423 e. The van der Waals surface area contributed by atoms with Crippen LogP contribution in [-0.4, -0.2) is 5.97 Å². The van der Waals surface area contributed by atoms with Crippen molar-refractivity contribution in [3.8, 4) is 11.8 Å². The van der Waals surface area contributed by atoms with Crippen LogP contribution < -0.4 is 4.74 Å². The first kappa shape index (κ1) is 18.0. The van der Waals surface area contributed by atoms with Crippen LogP contribution in [0.15, 0.2) is 30.3 Å². The van der Waals surface area contributed by atoms with Crippen LogP contribution >= 0.6 is 0 Å². The summed E-state index contributed by atoms with van der Waals surface area (Å²) in [6.45, 7) is 0. The molecule has 2 aromatic rings. The van der Waals surface area contributed by atoms with Crippen LogP contribution in [0.25, 0.3) is 0 Å². The van der Waals surface area contributed by atoms with E-state index in [4.69, 9.17) is 10.00 Å². The molecule has 1 saturated carbocycles. The van der Waals surface area contributed by atoms with Crippen molar-refractivity contribution in [2.45, 2.75) is 38.0 Å². The average Bonchev–Trinajstić information content (AvgIpc) is 2.62. The minimum absolute atomic E-state index is 0.0884. The SMILES string of the molecule is N#Cc1ccc(OC(=O)c2c(F)cc(C3CCCCC3)cc2F)cc1F. The van der Waals surface area contributed by atoms with Crippen molar-refractivity contribution in [2.75, 3.05) is 0 Å². The van der Waals surface area contributed by atoms with Gasteiger partial charge in [0.1, 0.15) is 34.8 Å². The van der Waals surface area contributed by atoms with Crippen molar-refractivity contribution in [1.82, 2.24) is 0 Å². The average molecular weight is 359 g/mol. The topological polar surface area (TPSA) is 50.1 Å². The molecule has 0 radical (unpaired) electrons. The first-order chi connectivity index (χ1) is 12.5. The van der Waals surface area contributed by atoms with Gasteiger partial charge in [0.05, 0.1) is 5.56 Å². The molecule has 0 spiro atoms. The number of benzene rings is 2. The van der Waals surface area contributed by atoms with E-state index < -0.39 is 29.0 Å². The number of ether oxygens (including phenoxy) is 1. The lowest BCUT2D eigenvalue weighted by Gasteiger charge is -2.22. The lowest BCUT2D eigenvalue weighted by atomic mass is 9.84. The number of rotatable bonds is 3. The zero-order chi connectivity index (χ0) is 18.7. The first-order valence-electron chi connectivity index (χ1n) is 8.40. The third-order valence-electron chi connectivity index (χ3n) is 4.62. The summed E-state index contributed by atoms with van der Waals surface area (Å²) in [5.41, 5.74) is -0.492. The second-order valence-electron chi connectivity index (χ2n) is 6.34. The van der Waals surface area contributed by atoms with E-state index in [2.05, 4.69) is 0 Å². The lowest BCUT2D eigenvalue weighted by Crippen LogP contribution is -2.15. The molecule has 3 nitrogen and oxygen atoms in total. The monoisotopic (exact) mass is 359 g/mol. The molecule has 0 heterocycles. The molecule has 1 aliphatic rings. The molecule has 0 atom stereocenters. The summed E-state index contributed by atoms with van der Waals surface area (Å²) in [6, 6.07) is 7.11. The lowest BCUT2D eigenvalue weighted by molar-refractivity contribution is 0.0724. The van der Waals surface area contributed by atoms with Gasteiger partial charge in [-0.25, -0.2) is 18.0 Å². The van der Waals surface area contributed by atoms with Crippen LogP contribution in [0, 0.1) is 28.8 Å². The smallest absolute Gasteiger partial charge is 0.349 e.